The number of hydrogen-bond acceptors (Lipinski definition) is 5. The Bertz CT molecular complexity index is 777. The zero-order valence-electron chi connectivity index (χ0n) is 14.0. The van der Waals surface area contributed by atoms with E-state index in [1.807, 2.05) is 13.0 Å². The molecule has 0 unspecified atom stereocenters. The molecule has 2 amide bonds. The summed E-state index contributed by atoms with van der Waals surface area (Å²) in [7, 11) is -3.05. The molecule has 138 valence electrons. The highest BCUT2D eigenvalue weighted by molar-refractivity contribution is 7.91. The normalized spacial score (nSPS) is 25.5. The quantitative estimate of drug-likeness (QED) is 0.749. The molecule has 3 rings (SSSR count). The maximum absolute atomic E-state index is 12.8. The highest BCUT2D eigenvalue weighted by atomic mass is 35.5. The summed E-state index contributed by atoms with van der Waals surface area (Å²) < 4.78 is 24.0. The fourth-order valence-electron chi connectivity index (χ4n) is 3.50. The third kappa shape index (κ3) is 4.17. The number of nitrogens with zero attached hydrogens (tertiary/aromatic N) is 2. The van der Waals surface area contributed by atoms with Crippen LogP contribution in [-0.4, -0.2) is 60.7 Å². The Morgan fingerprint density at radius 3 is 2.76 bits per heavy atom. The number of carbonyl (C=O) groups is 2. The molecule has 9 heteroatoms. The van der Waals surface area contributed by atoms with E-state index in [0.29, 0.717) is 30.4 Å². The highest BCUT2D eigenvalue weighted by Gasteiger charge is 2.42. The summed E-state index contributed by atoms with van der Waals surface area (Å²) in [5, 5.41) is 0. The molecule has 2 aliphatic heterocycles. The number of rotatable bonds is 5. The third-order valence-electron chi connectivity index (χ3n) is 4.83. The Hall–Kier alpha value is -1.12. The van der Waals surface area contributed by atoms with Crippen LogP contribution in [-0.2, 0) is 26.0 Å². The number of hydrogen-bond donors (Lipinski definition) is 0. The van der Waals surface area contributed by atoms with Gasteiger partial charge >= 0.3 is 0 Å². The molecule has 2 fully saturated rings. The van der Waals surface area contributed by atoms with Gasteiger partial charge in [-0.25, -0.2) is 8.42 Å². The molecule has 25 heavy (non-hydrogen) atoms. The maximum atomic E-state index is 12.8. The number of thiophene rings is 1. The standard InChI is InChI=1S/C16H21ClN2O4S2/c1-2-18(9-13-3-4-14(17)24-13)16(21)11-7-15(20)19(8-11)12-5-6-25(22,23)10-12/h3-4,11-12H,2,5-10H2,1H3/t11-,12+/m1/s1. The molecular formula is C16H21ClN2O4S2. The van der Waals surface area contributed by atoms with Crippen LogP contribution in [0.3, 0.4) is 0 Å². The van der Waals surface area contributed by atoms with E-state index >= 15 is 0 Å². The van der Waals surface area contributed by atoms with Crippen LogP contribution in [0.15, 0.2) is 12.1 Å². The van der Waals surface area contributed by atoms with E-state index in [9.17, 15) is 18.0 Å². The molecule has 0 radical (unpaired) electrons. The number of halogens is 1. The first-order valence-corrected chi connectivity index (χ1v) is 11.3. The highest BCUT2D eigenvalue weighted by Crippen LogP contribution is 2.28. The van der Waals surface area contributed by atoms with Gasteiger partial charge in [-0.3, -0.25) is 9.59 Å². The number of sulfone groups is 1. The van der Waals surface area contributed by atoms with Gasteiger partial charge in [0.2, 0.25) is 11.8 Å². The number of carbonyl (C=O) groups excluding carboxylic acids is 2. The van der Waals surface area contributed by atoms with Gasteiger partial charge in [-0.1, -0.05) is 11.6 Å². The molecule has 0 N–H and O–H groups in total. The molecule has 1 aromatic heterocycles. The Labute approximate surface area is 156 Å². The third-order valence-corrected chi connectivity index (χ3v) is 7.79. The average Bonchev–Trinajstić information content (AvgIpc) is 3.23. The van der Waals surface area contributed by atoms with Crippen LogP contribution in [0.1, 0.15) is 24.6 Å². The first-order chi connectivity index (χ1) is 11.8. The van der Waals surface area contributed by atoms with Crippen LogP contribution < -0.4 is 0 Å². The molecule has 2 atom stereocenters. The lowest BCUT2D eigenvalue weighted by atomic mass is 10.1. The van der Waals surface area contributed by atoms with Gasteiger partial charge in [-0.2, -0.15) is 0 Å². The van der Waals surface area contributed by atoms with Crippen molar-refractivity contribution in [3.63, 3.8) is 0 Å². The van der Waals surface area contributed by atoms with Crippen LogP contribution in [0.5, 0.6) is 0 Å². The molecule has 0 spiro atoms. The minimum atomic E-state index is -3.05. The van der Waals surface area contributed by atoms with Crippen molar-refractivity contribution in [2.75, 3.05) is 24.6 Å². The summed E-state index contributed by atoms with van der Waals surface area (Å²) >= 11 is 7.38. The van der Waals surface area contributed by atoms with Crippen LogP contribution in [0.25, 0.3) is 0 Å². The average molecular weight is 405 g/mol. The van der Waals surface area contributed by atoms with Crippen molar-refractivity contribution in [2.45, 2.75) is 32.4 Å². The molecular weight excluding hydrogens is 384 g/mol. The largest absolute Gasteiger partial charge is 0.338 e. The molecule has 0 saturated carbocycles. The monoisotopic (exact) mass is 404 g/mol. The summed E-state index contributed by atoms with van der Waals surface area (Å²) in [6.45, 7) is 3.26. The second kappa shape index (κ2) is 7.25. The number of likely N-dealkylation sites (tertiary alicyclic amines) is 1. The summed E-state index contributed by atoms with van der Waals surface area (Å²) in [5.41, 5.74) is 0. The van der Waals surface area contributed by atoms with E-state index in [-0.39, 0.29) is 35.8 Å². The van der Waals surface area contributed by atoms with Crippen molar-refractivity contribution in [2.24, 2.45) is 5.92 Å². The van der Waals surface area contributed by atoms with Crippen LogP contribution >= 0.6 is 22.9 Å². The van der Waals surface area contributed by atoms with Gasteiger partial charge in [0, 0.05) is 30.4 Å². The van der Waals surface area contributed by atoms with Crippen molar-refractivity contribution in [3.8, 4) is 0 Å². The second-order valence-electron chi connectivity index (χ2n) is 6.56. The van der Waals surface area contributed by atoms with Gasteiger partial charge in [0.15, 0.2) is 9.84 Å². The van der Waals surface area contributed by atoms with Crippen LogP contribution in [0.2, 0.25) is 4.34 Å². The van der Waals surface area contributed by atoms with Crippen molar-refractivity contribution in [1.82, 2.24) is 9.80 Å². The van der Waals surface area contributed by atoms with Gasteiger partial charge < -0.3 is 9.80 Å². The fourth-order valence-corrected chi connectivity index (χ4v) is 6.33. The smallest absolute Gasteiger partial charge is 0.228 e. The minimum absolute atomic E-state index is 0.0187. The van der Waals surface area contributed by atoms with Crippen molar-refractivity contribution >= 4 is 44.6 Å². The molecule has 3 heterocycles. The molecule has 0 aliphatic carbocycles. The lowest BCUT2D eigenvalue weighted by Gasteiger charge is -2.25. The van der Waals surface area contributed by atoms with E-state index in [4.69, 9.17) is 11.6 Å². The fraction of sp³-hybridized carbons (Fsp3) is 0.625. The Morgan fingerprint density at radius 2 is 2.20 bits per heavy atom. The topological polar surface area (TPSA) is 74.8 Å². The number of amides is 2. The van der Waals surface area contributed by atoms with E-state index in [1.54, 1.807) is 15.9 Å². The van der Waals surface area contributed by atoms with Crippen molar-refractivity contribution in [1.29, 1.82) is 0 Å². The van der Waals surface area contributed by atoms with E-state index in [2.05, 4.69) is 0 Å². The molecule has 1 aromatic rings. The Kier molecular flexibility index (Phi) is 5.41. The van der Waals surface area contributed by atoms with Gasteiger partial charge in [0.05, 0.1) is 28.3 Å². The molecule has 0 bridgehead atoms. The summed E-state index contributed by atoms with van der Waals surface area (Å²) in [6, 6.07) is 3.43. The van der Waals surface area contributed by atoms with Gasteiger partial charge in [0.1, 0.15) is 0 Å². The van der Waals surface area contributed by atoms with Gasteiger partial charge in [-0.15, -0.1) is 11.3 Å². The first-order valence-electron chi connectivity index (χ1n) is 8.32. The molecule has 2 aliphatic rings. The van der Waals surface area contributed by atoms with Gasteiger partial charge in [0.25, 0.3) is 0 Å². The van der Waals surface area contributed by atoms with Crippen LogP contribution in [0, 0.1) is 5.92 Å². The Balaban J connectivity index is 1.65. The predicted octanol–water partition coefficient (Wildman–Crippen LogP) is 1.79. The summed E-state index contributed by atoms with van der Waals surface area (Å²) in [6.07, 6.45) is 0.636. The van der Waals surface area contributed by atoms with Crippen molar-refractivity contribution in [3.05, 3.63) is 21.3 Å². The SMILES string of the molecule is CCN(Cc1ccc(Cl)s1)C(=O)[C@@H]1CC(=O)N([C@H]2CCS(=O)(=O)C2)C1. The summed E-state index contributed by atoms with van der Waals surface area (Å²) in [4.78, 5) is 29.5. The molecule has 0 aromatic carbocycles. The van der Waals surface area contributed by atoms with E-state index in [0.717, 1.165) is 4.88 Å². The zero-order valence-corrected chi connectivity index (χ0v) is 16.4. The predicted molar refractivity (Wildman–Crippen MR) is 97.3 cm³/mol. The maximum Gasteiger partial charge on any atom is 0.228 e. The lowest BCUT2D eigenvalue weighted by Crippen LogP contribution is -2.40. The minimum Gasteiger partial charge on any atom is -0.338 e. The summed E-state index contributed by atoms with van der Waals surface area (Å²) in [5.74, 6) is -0.420. The first kappa shape index (κ1) is 18.7. The van der Waals surface area contributed by atoms with E-state index in [1.165, 1.54) is 11.3 Å². The van der Waals surface area contributed by atoms with Crippen molar-refractivity contribution < 1.29 is 18.0 Å². The second-order valence-corrected chi connectivity index (χ2v) is 10.6. The van der Waals surface area contributed by atoms with Crippen LogP contribution in [0.4, 0.5) is 0 Å². The molecule has 2 saturated heterocycles. The lowest BCUT2D eigenvalue weighted by molar-refractivity contribution is -0.136. The Morgan fingerprint density at radius 1 is 1.44 bits per heavy atom. The molecule has 6 nitrogen and oxygen atoms in total. The van der Waals surface area contributed by atoms with E-state index < -0.39 is 15.8 Å². The zero-order chi connectivity index (χ0) is 18.2. The van der Waals surface area contributed by atoms with Gasteiger partial charge in [-0.05, 0) is 25.5 Å².